The van der Waals surface area contributed by atoms with E-state index in [2.05, 4.69) is 16.8 Å². The molecule has 34 heavy (non-hydrogen) atoms. The summed E-state index contributed by atoms with van der Waals surface area (Å²) < 4.78 is 7.09. The fourth-order valence-corrected chi connectivity index (χ4v) is 4.96. The highest BCUT2D eigenvalue weighted by Gasteiger charge is 2.34. The zero-order valence-electron chi connectivity index (χ0n) is 18.8. The van der Waals surface area contributed by atoms with Crippen LogP contribution in [-0.4, -0.2) is 50.8 Å². The molecule has 0 spiro atoms. The number of hydrogen-bond donors (Lipinski definition) is 0. The van der Waals surface area contributed by atoms with E-state index in [9.17, 15) is 9.59 Å². The van der Waals surface area contributed by atoms with Crippen molar-refractivity contribution < 1.29 is 14.3 Å². The molecule has 1 atom stereocenters. The summed E-state index contributed by atoms with van der Waals surface area (Å²) in [5.74, 6) is 1.56. The molecule has 7 nitrogen and oxygen atoms in total. The standard InChI is InChI=1S/C25H25ClN4O3S/c1-3-14-30-23(21-5-4-15-29(21)24(32)18-6-10-19(26)11-7-18)27-28-25(30)34-16-22(31)17-8-12-20(33-2)13-9-17/h3,6-13,21H,1,4-5,14-16H2,2H3. The lowest BCUT2D eigenvalue weighted by molar-refractivity contribution is 0.0727. The number of thioether (sulfide) groups is 1. The predicted octanol–water partition coefficient (Wildman–Crippen LogP) is 5.08. The van der Waals surface area contributed by atoms with Crippen molar-refractivity contribution in [3.05, 3.63) is 83.2 Å². The lowest BCUT2D eigenvalue weighted by Gasteiger charge is -2.24. The molecule has 2 aromatic carbocycles. The lowest BCUT2D eigenvalue weighted by atomic mass is 10.1. The number of hydrogen-bond acceptors (Lipinski definition) is 6. The molecular formula is C25H25ClN4O3S. The number of amides is 1. The smallest absolute Gasteiger partial charge is 0.254 e. The first-order chi connectivity index (χ1) is 16.5. The van der Waals surface area contributed by atoms with Crippen LogP contribution in [-0.2, 0) is 6.54 Å². The number of Topliss-reactive ketones (excluding diaryl/α,β-unsaturated/α-hetero) is 1. The number of nitrogens with zero attached hydrogens (tertiary/aromatic N) is 4. The van der Waals surface area contributed by atoms with Crippen molar-refractivity contribution >= 4 is 35.1 Å². The molecule has 1 aliphatic heterocycles. The van der Waals surface area contributed by atoms with Crippen LogP contribution < -0.4 is 4.74 Å². The predicted molar refractivity (Wildman–Crippen MR) is 133 cm³/mol. The Kier molecular flexibility index (Phi) is 7.70. The largest absolute Gasteiger partial charge is 0.497 e. The normalized spacial score (nSPS) is 15.4. The maximum Gasteiger partial charge on any atom is 0.254 e. The number of carbonyl (C=O) groups excluding carboxylic acids is 2. The van der Waals surface area contributed by atoms with Crippen molar-refractivity contribution in [1.29, 1.82) is 0 Å². The minimum absolute atomic E-state index is 0.0113. The first kappa shape index (κ1) is 24.0. The van der Waals surface area contributed by atoms with E-state index in [1.165, 1.54) is 11.8 Å². The van der Waals surface area contributed by atoms with Crippen molar-refractivity contribution in [1.82, 2.24) is 19.7 Å². The third-order valence-corrected chi connectivity index (χ3v) is 6.92. The molecule has 2 heterocycles. The molecule has 1 fully saturated rings. The van der Waals surface area contributed by atoms with E-state index >= 15 is 0 Å². The fourth-order valence-electron chi connectivity index (χ4n) is 3.98. The van der Waals surface area contributed by atoms with Gasteiger partial charge < -0.3 is 14.2 Å². The first-order valence-electron chi connectivity index (χ1n) is 10.9. The average molecular weight is 497 g/mol. The van der Waals surface area contributed by atoms with Crippen LogP contribution in [0.25, 0.3) is 0 Å². The SMILES string of the molecule is C=CCn1c(SCC(=O)c2ccc(OC)cc2)nnc1C1CCCN1C(=O)c1ccc(Cl)cc1. The Morgan fingerprint density at radius 3 is 2.53 bits per heavy atom. The van der Waals surface area contributed by atoms with Crippen LogP contribution >= 0.6 is 23.4 Å². The van der Waals surface area contributed by atoms with E-state index in [1.54, 1.807) is 61.7 Å². The molecule has 4 rings (SSSR count). The molecule has 0 N–H and O–H groups in total. The van der Waals surface area contributed by atoms with Gasteiger partial charge in [0.1, 0.15) is 5.75 Å². The molecule has 0 aliphatic carbocycles. The summed E-state index contributed by atoms with van der Waals surface area (Å²) in [6.07, 6.45) is 3.44. The van der Waals surface area contributed by atoms with Crippen molar-refractivity contribution in [2.45, 2.75) is 30.6 Å². The maximum absolute atomic E-state index is 13.2. The number of halogens is 1. The van der Waals surface area contributed by atoms with E-state index in [0.717, 1.165) is 12.8 Å². The lowest BCUT2D eigenvalue weighted by Crippen LogP contribution is -2.32. The molecule has 0 saturated carbocycles. The van der Waals surface area contributed by atoms with Crippen LogP contribution in [0.4, 0.5) is 0 Å². The molecule has 1 aromatic heterocycles. The molecule has 176 valence electrons. The van der Waals surface area contributed by atoms with Gasteiger partial charge in [-0.15, -0.1) is 16.8 Å². The summed E-state index contributed by atoms with van der Waals surface area (Å²) in [6.45, 7) is 4.99. The number of rotatable bonds is 9. The average Bonchev–Trinajstić information content (AvgIpc) is 3.50. The van der Waals surface area contributed by atoms with Gasteiger partial charge >= 0.3 is 0 Å². The van der Waals surface area contributed by atoms with Crippen LogP contribution in [0, 0.1) is 0 Å². The molecule has 1 aliphatic rings. The second-order valence-electron chi connectivity index (χ2n) is 7.84. The number of allylic oxidation sites excluding steroid dienone is 1. The zero-order valence-corrected chi connectivity index (χ0v) is 20.4. The van der Waals surface area contributed by atoms with Gasteiger partial charge in [-0.1, -0.05) is 29.4 Å². The van der Waals surface area contributed by atoms with Gasteiger partial charge in [-0.2, -0.15) is 0 Å². The molecule has 9 heteroatoms. The Hall–Kier alpha value is -3.10. The number of carbonyl (C=O) groups is 2. The van der Waals surface area contributed by atoms with E-state index in [1.807, 2.05) is 9.47 Å². The maximum atomic E-state index is 13.2. The third-order valence-electron chi connectivity index (χ3n) is 5.70. The number of likely N-dealkylation sites (tertiary alicyclic amines) is 1. The third kappa shape index (κ3) is 5.18. The molecule has 3 aromatic rings. The molecule has 1 saturated heterocycles. The summed E-state index contributed by atoms with van der Waals surface area (Å²) >= 11 is 7.31. The van der Waals surface area contributed by atoms with Crippen LogP contribution in [0.2, 0.25) is 5.02 Å². The van der Waals surface area contributed by atoms with E-state index in [4.69, 9.17) is 16.3 Å². The summed E-state index contributed by atoms with van der Waals surface area (Å²) in [6, 6.07) is 13.7. The van der Waals surface area contributed by atoms with Crippen LogP contribution in [0.15, 0.2) is 66.3 Å². The Balaban J connectivity index is 1.51. The van der Waals surface area contributed by atoms with Crippen LogP contribution in [0.3, 0.4) is 0 Å². The van der Waals surface area contributed by atoms with Crippen molar-refractivity contribution in [3.8, 4) is 5.75 Å². The van der Waals surface area contributed by atoms with Crippen LogP contribution in [0.1, 0.15) is 45.4 Å². The van der Waals surface area contributed by atoms with Crippen molar-refractivity contribution in [3.63, 3.8) is 0 Å². The number of ketones is 1. The van der Waals surface area contributed by atoms with E-state index in [0.29, 0.717) is 46.0 Å². The monoisotopic (exact) mass is 496 g/mol. The number of aromatic nitrogens is 3. The van der Waals surface area contributed by atoms with Crippen molar-refractivity contribution in [2.75, 3.05) is 19.4 Å². The fraction of sp³-hybridized carbons (Fsp3) is 0.280. The van der Waals surface area contributed by atoms with E-state index < -0.39 is 0 Å². The molecular weight excluding hydrogens is 472 g/mol. The Bertz CT molecular complexity index is 1180. The topological polar surface area (TPSA) is 77.3 Å². The zero-order chi connectivity index (χ0) is 24.1. The number of ether oxygens (including phenoxy) is 1. The minimum Gasteiger partial charge on any atom is -0.497 e. The van der Waals surface area contributed by atoms with E-state index in [-0.39, 0.29) is 23.5 Å². The van der Waals surface area contributed by atoms with Crippen molar-refractivity contribution in [2.24, 2.45) is 0 Å². The molecule has 1 unspecified atom stereocenters. The van der Waals surface area contributed by atoms with Gasteiger partial charge in [0.2, 0.25) is 0 Å². The Morgan fingerprint density at radius 2 is 1.85 bits per heavy atom. The molecule has 0 bridgehead atoms. The molecule has 0 radical (unpaired) electrons. The highest BCUT2D eigenvalue weighted by molar-refractivity contribution is 7.99. The highest BCUT2D eigenvalue weighted by Crippen LogP contribution is 2.34. The first-order valence-corrected chi connectivity index (χ1v) is 12.3. The quantitative estimate of drug-likeness (QED) is 0.233. The summed E-state index contributed by atoms with van der Waals surface area (Å²) in [5, 5.41) is 10.00. The van der Waals surface area contributed by atoms with Gasteiger partial charge in [0.05, 0.1) is 18.9 Å². The summed E-state index contributed by atoms with van der Waals surface area (Å²) in [7, 11) is 1.59. The van der Waals surface area contributed by atoms with Gasteiger partial charge in [-0.3, -0.25) is 9.59 Å². The minimum atomic E-state index is -0.192. The summed E-state index contributed by atoms with van der Waals surface area (Å²) in [4.78, 5) is 27.7. The molecule has 1 amide bonds. The van der Waals surface area contributed by atoms with Gasteiger partial charge in [0, 0.05) is 29.2 Å². The number of methoxy groups -OCH3 is 1. The highest BCUT2D eigenvalue weighted by atomic mass is 35.5. The number of benzene rings is 2. The van der Waals surface area contributed by atoms with Gasteiger partial charge in [-0.25, -0.2) is 0 Å². The Morgan fingerprint density at radius 1 is 1.15 bits per heavy atom. The van der Waals surface area contributed by atoms with Gasteiger partial charge in [-0.05, 0) is 61.4 Å². The second-order valence-corrected chi connectivity index (χ2v) is 9.22. The second kappa shape index (κ2) is 10.9. The van der Waals surface area contributed by atoms with Crippen LogP contribution in [0.5, 0.6) is 5.75 Å². The van der Waals surface area contributed by atoms with Gasteiger partial charge in [0.15, 0.2) is 16.8 Å². The Labute approximate surface area is 207 Å². The summed E-state index contributed by atoms with van der Waals surface area (Å²) in [5.41, 5.74) is 1.20. The van der Waals surface area contributed by atoms with Gasteiger partial charge in [0.25, 0.3) is 5.91 Å².